The monoisotopic (exact) mass is 345 g/mol. The lowest BCUT2D eigenvalue weighted by atomic mass is 10.2. The minimum atomic E-state index is -0.984. The van der Waals surface area contributed by atoms with Crippen LogP contribution in [0.2, 0.25) is 0 Å². The first kappa shape index (κ1) is 16.0. The number of benzene rings is 1. The molecule has 0 heterocycles. The van der Waals surface area contributed by atoms with Crippen molar-refractivity contribution < 1.29 is 14.7 Å². The second-order valence-electron chi connectivity index (χ2n) is 3.99. The van der Waals surface area contributed by atoms with E-state index in [0.717, 1.165) is 15.8 Å². The third-order valence-corrected chi connectivity index (χ3v) is 3.86. The van der Waals surface area contributed by atoms with Gasteiger partial charge in [0.1, 0.15) is 6.04 Å². The Labute approximate surface area is 125 Å². The molecule has 19 heavy (non-hydrogen) atoms. The highest BCUT2D eigenvalue weighted by atomic mass is 79.9. The van der Waals surface area contributed by atoms with Crippen molar-refractivity contribution in [2.75, 3.05) is 5.75 Å². The Morgan fingerprint density at radius 2 is 2.21 bits per heavy atom. The molecule has 0 aliphatic heterocycles. The maximum Gasteiger partial charge on any atom is 0.326 e. The molecule has 0 aliphatic carbocycles. The average molecular weight is 346 g/mol. The van der Waals surface area contributed by atoms with E-state index in [-0.39, 0.29) is 11.7 Å². The van der Waals surface area contributed by atoms with Crippen LogP contribution in [0.3, 0.4) is 0 Å². The quantitative estimate of drug-likeness (QED) is 0.745. The number of hydrogen-bond donors (Lipinski definition) is 2. The highest BCUT2D eigenvalue weighted by Gasteiger charge is 2.18. The van der Waals surface area contributed by atoms with E-state index in [2.05, 4.69) is 21.2 Å². The molecular weight excluding hydrogens is 330 g/mol. The van der Waals surface area contributed by atoms with Crippen molar-refractivity contribution in [1.29, 1.82) is 0 Å². The van der Waals surface area contributed by atoms with E-state index in [0.29, 0.717) is 6.42 Å². The van der Waals surface area contributed by atoms with Crippen molar-refractivity contribution in [2.24, 2.45) is 0 Å². The zero-order valence-electron chi connectivity index (χ0n) is 10.6. The molecule has 1 amide bonds. The van der Waals surface area contributed by atoms with Gasteiger partial charge in [0.2, 0.25) is 5.91 Å². The zero-order valence-corrected chi connectivity index (χ0v) is 13.0. The Morgan fingerprint density at radius 1 is 1.47 bits per heavy atom. The Balaban J connectivity index is 2.44. The Morgan fingerprint density at radius 3 is 2.79 bits per heavy atom. The molecule has 0 spiro atoms. The Hall–Kier alpha value is -1.01. The number of hydrogen-bond acceptors (Lipinski definition) is 3. The van der Waals surface area contributed by atoms with E-state index in [9.17, 15) is 9.59 Å². The maximum atomic E-state index is 11.7. The second-order valence-corrected chi connectivity index (χ2v) is 5.96. The minimum absolute atomic E-state index is 0.212. The summed E-state index contributed by atoms with van der Waals surface area (Å²) in [5.74, 6) is -1.03. The van der Waals surface area contributed by atoms with Crippen molar-refractivity contribution in [3.05, 3.63) is 28.7 Å². The number of carbonyl (C=O) groups excluding carboxylic acids is 1. The van der Waals surface area contributed by atoms with Crippen molar-refractivity contribution in [2.45, 2.75) is 30.7 Å². The SMILES string of the molecule is CCCC(NC(=O)CSc1cccc(Br)c1)C(=O)O. The van der Waals surface area contributed by atoms with Gasteiger partial charge >= 0.3 is 5.97 Å². The smallest absolute Gasteiger partial charge is 0.326 e. The van der Waals surface area contributed by atoms with Gasteiger partial charge in [0.05, 0.1) is 5.75 Å². The molecule has 6 heteroatoms. The predicted octanol–water partition coefficient (Wildman–Crippen LogP) is 2.91. The van der Waals surface area contributed by atoms with Gasteiger partial charge < -0.3 is 10.4 Å². The molecule has 0 saturated carbocycles. The molecule has 1 rings (SSSR count). The van der Waals surface area contributed by atoms with Gasteiger partial charge in [-0.2, -0.15) is 0 Å². The first-order valence-corrected chi connectivity index (χ1v) is 7.71. The molecular formula is C13H16BrNO3S. The molecule has 1 aromatic carbocycles. The molecule has 1 unspecified atom stereocenters. The van der Waals surface area contributed by atoms with E-state index in [4.69, 9.17) is 5.11 Å². The van der Waals surface area contributed by atoms with Crippen LogP contribution in [0.4, 0.5) is 0 Å². The van der Waals surface area contributed by atoms with Crippen molar-refractivity contribution in [3.63, 3.8) is 0 Å². The van der Waals surface area contributed by atoms with Crippen LogP contribution in [-0.4, -0.2) is 28.8 Å². The van der Waals surface area contributed by atoms with E-state index in [1.807, 2.05) is 31.2 Å². The predicted molar refractivity (Wildman–Crippen MR) is 79.3 cm³/mol. The van der Waals surface area contributed by atoms with Crippen molar-refractivity contribution >= 4 is 39.6 Å². The molecule has 2 N–H and O–H groups in total. The normalized spacial score (nSPS) is 11.9. The Kier molecular flexibility index (Phi) is 6.94. The first-order valence-electron chi connectivity index (χ1n) is 5.93. The molecule has 1 aromatic rings. The highest BCUT2D eigenvalue weighted by molar-refractivity contribution is 9.10. The highest BCUT2D eigenvalue weighted by Crippen LogP contribution is 2.21. The van der Waals surface area contributed by atoms with Crippen LogP contribution in [0.5, 0.6) is 0 Å². The van der Waals surface area contributed by atoms with Gasteiger partial charge in [-0.05, 0) is 24.6 Å². The average Bonchev–Trinajstić information content (AvgIpc) is 2.36. The molecule has 0 saturated heterocycles. The number of aliphatic carboxylic acids is 1. The topological polar surface area (TPSA) is 66.4 Å². The lowest BCUT2D eigenvalue weighted by molar-refractivity contribution is -0.141. The molecule has 1 atom stereocenters. The summed E-state index contributed by atoms with van der Waals surface area (Å²) in [5.41, 5.74) is 0. The van der Waals surface area contributed by atoms with Crippen molar-refractivity contribution in [1.82, 2.24) is 5.32 Å². The van der Waals surface area contributed by atoms with Crippen LogP contribution in [0.25, 0.3) is 0 Å². The molecule has 0 radical (unpaired) electrons. The second kappa shape index (κ2) is 8.22. The van der Waals surface area contributed by atoms with E-state index >= 15 is 0 Å². The largest absolute Gasteiger partial charge is 0.480 e. The maximum absolute atomic E-state index is 11.7. The summed E-state index contributed by atoms with van der Waals surface area (Å²) < 4.78 is 0.951. The van der Waals surface area contributed by atoms with Gasteiger partial charge in [0, 0.05) is 9.37 Å². The lowest BCUT2D eigenvalue weighted by Crippen LogP contribution is -2.41. The first-order chi connectivity index (χ1) is 9.02. The minimum Gasteiger partial charge on any atom is -0.480 e. The van der Waals surface area contributed by atoms with Crippen LogP contribution >= 0.6 is 27.7 Å². The summed E-state index contributed by atoms with van der Waals surface area (Å²) in [6.45, 7) is 1.89. The number of carboxylic acids is 1. The van der Waals surface area contributed by atoms with E-state index in [1.54, 1.807) is 0 Å². The van der Waals surface area contributed by atoms with E-state index < -0.39 is 12.0 Å². The molecule has 0 fully saturated rings. The fourth-order valence-corrected chi connectivity index (χ4v) is 2.80. The van der Waals surface area contributed by atoms with Gasteiger partial charge in [-0.1, -0.05) is 35.3 Å². The fourth-order valence-electron chi connectivity index (χ4n) is 1.49. The molecule has 0 bridgehead atoms. The van der Waals surface area contributed by atoms with Gasteiger partial charge in [0.15, 0.2) is 0 Å². The summed E-state index contributed by atoms with van der Waals surface area (Å²) >= 11 is 4.74. The summed E-state index contributed by atoms with van der Waals surface area (Å²) in [5, 5.41) is 11.5. The number of nitrogens with one attached hydrogen (secondary N) is 1. The van der Waals surface area contributed by atoms with Gasteiger partial charge in [-0.15, -0.1) is 11.8 Å². The standard InChI is InChI=1S/C13H16BrNO3S/c1-2-4-11(13(17)18)15-12(16)8-19-10-6-3-5-9(14)7-10/h3,5-7,11H,2,4,8H2,1H3,(H,15,16)(H,17,18). The molecule has 104 valence electrons. The van der Waals surface area contributed by atoms with Gasteiger partial charge in [-0.25, -0.2) is 4.79 Å². The van der Waals surface area contributed by atoms with Crippen LogP contribution in [-0.2, 0) is 9.59 Å². The number of carboxylic acid groups (broad SMARTS) is 1. The number of rotatable bonds is 7. The Bertz CT molecular complexity index is 453. The summed E-state index contributed by atoms with van der Waals surface area (Å²) in [6, 6.07) is 6.83. The van der Waals surface area contributed by atoms with Crippen LogP contribution in [0, 0.1) is 0 Å². The molecule has 0 aliphatic rings. The van der Waals surface area contributed by atoms with Gasteiger partial charge in [0.25, 0.3) is 0 Å². The number of amides is 1. The third kappa shape index (κ3) is 6.11. The van der Waals surface area contributed by atoms with E-state index in [1.165, 1.54) is 11.8 Å². The lowest BCUT2D eigenvalue weighted by Gasteiger charge is -2.13. The summed E-state index contributed by atoms with van der Waals surface area (Å²) in [7, 11) is 0. The third-order valence-electron chi connectivity index (χ3n) is 2.38. The zero-order chi connectivity index (χ0) is 14.3. The molecule has 0 aromatic heterocycles. The van der Waals surface area contributed by atoms with Crippen LogP contribution in [0.15, 0.2) is 33.6 Å². The summed E-state index contributed by atoms with van der Waals surface area (Å²) in [6.07, 6.45) is 1.17. The van der Waals surface area contributed by atoms with Crippen molar-refractivity contribution in [3.8, 4) is 0 Å². The van der Waals surface area contributed by atoms with Gasteiger partial charge in [-0.3, -0.25) is 4.79 Å². The van der Waals surface area contributed by atoms with Crippen LogP contribution in [0.1, 0.15) is 19.8 Å². The molecule has 4 nitrogen and oxygen atoms in total. The van der Waals surface area contributed by atoms with Crippen LogP contribution < -0.4 is 5.32 Å². The number of thioether (sulfide) groups is 1. The summed E-state index contributed by atoms with van der Waals surface area (Å²) in [4.78, 5) is 23.6. The number of halogens is 1. The fraction of sp³-hybridized carbons (Fsp3) is 0.385. The number of carbonyl (C=O) groups is 2.